The van der Waals surface area contributed by atoms with E-state index in [1.54, 1.807) is 13.1 Å². The Labute approximate surface area is 154 Å². The lowest BCUT2D eigenvalue weighted by Crippen LogP contribution is -2.51. The predicted molar refractivity (Wildman–Crippen MR) is 101 cm³/mol. The summed E-state index contributed by atoms with van der Waals surface area (Å²) in [7, 11) is 0. The third-order valence-corrected chi connectivity index (χ3v) is 6.09. The average Bonchev–Trinajstić information content (AvgIpc) is 2.68. The van der Waals surface area contributed by atoms with Crippen molar-refractivity contribution in [2.45, 2.75) is 32.6 Å². The van der Waals surface area contributed by atoms with E-state index < -0.39 is 0 Å². The molecule has 0 atom stereocenters. The first kappa shape index (κ1) is 17.0. The lowest BCUT2D eigenvalue weighted by molar-refractivity contribution is -0.133. The Morgan fingerprint density at radius 3 is 2.54 bits per heavy atom. The molecule has 2 aliphatic heterocycles. The maximum atomic E-state index is 13.1. The summed E-state index contributed by atoms with van der Waals surface area (Å²) in [5.74, 6) is 0.193. The number of carbonyl (C=O) groups is 2. The third-order valence-electron chi connectivity index (χ3n) is 6.09. The maximum Gasteiger partial charge on any atom is 0.273 e. The first-order chi connectivity index (χ1) is 12.6. The van der Waals surface area contributed by atoms with Gasteiger partial charge in [-0.15, -0.1) is 0 Å². The zero-order valence-corrected chi connectivity index (χ0v) is 15.3. The van der Waals surface area contributed by atoms with E-state index in [1.807, 2.05) is 40.1 Å². The number of aromatic nitrogens is 1. The molecule has 0 N–H and O–H groups in total. The Morgan fingerprint density at radius 1 is 1.00 bits per heavy atom. The number of rotatable bonds is 1. The second kappa shape index (κ2) is 6.71. The van der Waals surface area contributed by atoms with Crippen LogP contribution >= 0.6 is 0 Å². The molecular formula is C21H25N3O2. The molecule has 2 saturated heterocycles. The van der Waals surface area contributed by atoms with Crippen LogP contribution in [0.4, 0.5) is 0 Å². The van der Waals surface area contributed by atoms with E-state index in [1.165, 1.54) is 0 Å². The Morgan fingerprint density at radius 2 is 1.77 bits per heavy atom. The van der Waals surface area contributed by atoms with Gasteiger partial charge in [0.2, 0.25) is 5.91 Å². The molecule has 1 aromatic carbocycles. The molecule has 26 heavy (non-hydrogen) atoms. The molecule has 4 rings (SSSR count). The summed E-state index contributed by atoms with van der Waals surface area (Å²) < 4.78 is 0. The molecule has 3 heterocycles. The van der Waals surface area contributed by atoms with Crippen molar-refractivity contribution < 1.29 is 9.59 Å². The van der Waals surface area contributed by atoms with Crippen LogP contribution in [0, 0.1) is 5.41 Å². The van der Waals surface area contributed by atoms with Crippen molar-refractivity contribution in [3.8, 4) is 0 Å². The van der Waals surface area contributed by atoms with Gasteiger partial charge >= 0.3 is 0 Å². The molecule has 136 valence electrons. The van der Waals surface area contributed by atoms with Crippen molar-refractivity contribution in [3.05, 3.63) is 42.2 Å². The summed E-state index contributed by atoms with van der Waals surface area (Å²) in [5, 5.41) is 1.96. The molecule has 1 aromatic heterocycles. The summed E-state index contributed by atoms with van der Waals surface area (Å²) in [4.78, 5) is 33.1. The Balaban J connectivity index is 1.49. The molecule has 0 bridgehead atoms. The number of hydrogen-bond donors (Lipinski definition) is 0. The van der Waals surface area contributed by atoms with Crippen molar-refractivity contribution >= 4 is 22.6 Å². The van der Waals surface area contributed by atoms with E-state index in [-0.39, 0.29) is 17.2 Å². The molecule has 5 heteroatoms. The van der Waals surface area contributed by atoms with Crippen LogP contribution < -0.4 is 0 Å². The number of hydrogen-bond acceptors (Lipinski definition) is 3. The fraction of sp³-hybridized carbons (Fsp3) is 0.476. The van der Waals surface area contributed by atoms with Gasteiger partial charge in [0.1, 0.15) is 5.69 Å². The van der Waals surface area contributed by atoms with Gasteiger partial charge in [-0.2, -0.15) is 0 Å². The van der Waals surface area contributed by atoms with Crippen LogP contribution in [0.25, 0.3) is 10.8 Å². The Hall–Kier alpha value is -2.43. The lowest BCUT2D eigenvalue weighted by Gasteiger charge is -2.47. The summed E-state index contributed by atoms with van der Waals surface area (Å²) >= 11 is 0. The van der Waals surface area contributed by atoms with Crippen LogP contribution in [-0.4, -0.2) is 52.8 Å². The number of fused-ring (bicyclic) bond motifs is 1. The maximum absolute atomic E-state index is 13.1. The van der Waals surface area contributed by atoms with Gasteiger partial charge in [0.15, 0.2) is 0 Å². The van der Waals surface area contributed by atoms with E-state index in [9.17, 15) is 9.59 Å². The van der Waals surface area contributed by atoms with E-state index >= 15 is 0 Å². The van der Waals surface area contributed by atoms with Crippen molar-refractivity contribution in [1.82, 2.24) is 14.8 Å². The van der Waals surface area contributed by atoms with Crippen LogP contribution in [0.1, 0.15) is 43.1 Å². The van der Waals surface area contributed by atoms with Gasteiger partial charge in [-0.1, -0.05) is 24.3 Å². The van der Waals surface area contributed by atoms with Crippen molar-refractivity contribution in [1.29, 1.82) is 0 Å². The minimum atomic E-state index is 0.0240. The van der Waals surface area contributed by atoms with E-state index in [4.69, 9.17) is 0 Å². The van der Waals surface area contributed by atoms with Crippen LogP contribution in [0.2, 0.25) is 0 Å². The normalized spacial score (nSPS) is 19.7. The quantitative estimate of drug-likeness (QED) is 0.793. The van der Waals surface area contributed by atoms with Gasteiger partial charge in [0.25, 0.3) is 5.91 Å². The number of pyridine rings is 1. The van der Waals surface area contributed by atoms with E-state index in [2.05, 4.69) is 4.98 Å². The minimum Gasteiger partial charge on any atom is -0.342 e. The van der Waals surface area contributed by atoms with Gasteiger partial charge < -0.3 is 9.80 Å². The first-order valence-electron chi connectivity index (χ1n) is 9.47. The molecular weight excluding hydrogens is 326 g/mol. The molecule has 2 aromatic rings. The van der Waals surface area contributed by atoms with Crippen LogP contribution in [0.3, 0.4) is 0 Å². The molecule has 5 nitrogen and oxygen atoms in total. The van der Waals surface area contributed by atoms with E-state index in [0.717, 1.165) is 62.6 Å². The lowest BCUT2D eigenvalue weighted by atomic mass is 9.72. The standard InChI is InChI=1S/C21H25N3O2/c1-16(25)24-12-4-8-21(15-24)9-13-23(14-10-21)20(26)19-18-6-3-2-5-17(18)7-11-22-19/h2-3,5-7,11H,4,8-10,12-15H2,1H3. The Kier molecular flexibility index (Phi) is 4.39. The number of likely N-dealkylation sites (tertiary alicyclic amines) is 2. The van der Waals surface area contributed by atoms with Gasteiger partial charge in [0, 0.05) is 44.7 Å². The number of piperidine rings is 2. The number of nitrogens with zero attached hydrogens (tertiary/aromatic N) is 3. The highest BCUT2D eigenvalue weighted by Gasteiger charge is 2.40. The second-order valence-corrected chi connectivity index (χ2v) is 7.72. The zero-order chi connectivity index (χ0) is 18.1. The van der Waals surface area contributed by atoms with Gasteiger partial charge in [-0.3, -0.25) is 14.6 Å². The SMILES string of the molecule is CC(=O)N1CCCC2(CCN(C(=O)c3nccc4ccccc34)CC2)C1. The highest BCUT2D eigenvalue weighted by Crippen LogP contribution is 2.40. The third kappa shape index (κ3) is 3.06. The van der Waals surface area contributed by atoms with Gasteiger partial charge in [0.05, 0.1) is 0 Å². The molecule has 2 aliphatic rings. The first-order valence-corrected chi connectivity index (χ1v) is 9.47. The van der Waals surface area contributed by atoms with Gasteiger partial charge in [-0.05, 0) is 42.6 Å². The topological polar surface area (TPSA) is 53.5 Å². The molecule has 0 radical (unpaired) electrons. The monoisotopic (exact) mass is 351 g/mol. The zero-order valence-electron chi connectivity index (χ0n) is 15.3. The van der Waals surface area contributed by atoms with Crippen LogP contribution in [0.15, 0.2) is 36.5 Å². The molecule has 0 saturated carbocycles. The fourth-order valence-electron chi connectivity index (χ4n) is 4.51. The minimum absolute atomic E-state index is 0.0240. The summed E-state index contributed by atoms with van der Waals surface area (Å²) in [6.45, 7) is 4.87. The van der Waals surface area contributed by atoms with Crippen molar-refractivity contribution in [2.75, 3.05) is 26.2 Å². The van der Waals surface area contributed by atoms with Crippen molar-refractivity contribution in [2.24, 2.45) is 5.41 Å². The van der Waals surface area contributed by atoms with Crippen LogP contribution in [0.5, 0.6) is 0 Å². The van der Waals surface area contributed by atoms with Crippen molar-refractivity contribution in [3.63, 3.8) is 0 Å². The van der Waals surface area contributed by atoms with Crippen LogP contribution in [-0.2, 0) is 4.79 Å². The molecule has 2 fully saturated rings. The second-order valence-electron chi connectivity index (χ2n) is 7.72. The average molecular weight is 351 g/mol. The van der Waals surface area contributed by atoms with E-state index in [0.29, 0.717) is 5.69 Å². The highest BCUT2D eigenvalue weighted by atomic mass is 16.2. The molecule has 1 spiro atoms. The highest BCUT2D eigenvalue weighted by molar-refractivity contribution is 6.05. The summed E-state index contributed by atoms with van der Waals surface area (Å²) in [5.41, 5.74) is 0.737. The predicted octanol–water partition coefficient (Wildman–Crippen LogP) is 3.10. The molecule has 0 aliphatic carbocycles. The largest absolute Gasteiger partial charge is 0.342 e. The Bertz CT molecular complexity index is 835. The molecule has 2 amide bonds. The number of amides is 2. The summed E-state index contributed by atoms with van der Waals surface area (Å²) in [6.07, 6.45) is 5.87. The van der Waals surface area contributed by atoms with Gasteiger partial charge in [-0.25, -0.2) is 0 Å². The smallest absolute Gasteiger partial charge is 0.273 e. The number of carbonyl (C=O) groups excluding carboxylic acids is 2. The number of benzene rings is 1. The fourth-order valence-corrected chi connectivity index (χ4v) is 4.51. The molecule has 0 unspecified atom stereocenters. The summed E-state index contributed by atoms with van der Waals surface area (Å²) in [6, 6.07) is 9.84.